The zero-order valence-electron chi connectivity index (χ0n) is 14.4. The molecule has 0 saturated carbocycles. The van der Waals surface area contributed by atoms with Crippen molar-refractivity contribution in [2.75, 3.05) is 0 Å². The maximum atomic E-state index is 10.6. The maximum absolute atomic E-state index is 10.6. The summed E-state index contributed by atoms with van der Waals surface area (Å²) < 4.78 is 7.30. The van der Waals surface area contributed by atoms with Crippen LogP contribution in [0.1, 0.15) is 38.0 Å². The topological polar surface area (TPSA) is 29.5 Å². The van der Waals surface area contributed by atoms with E-state index in [0.717, 1.165) is 21.3 Å². The molecular weight excluding hydrogens is 368 g/mol. The predicted octanol–water partition coefficient (Wildman–Crippen LogP) is 5.91. The number of benzene rings is 2. The molecule has 0 bridgehead atoms. The van der Waals surface area contributed by atoms with E-state index in [2.05, 4.69) is 49.8 Å². The molecule has 4 heteroatoms. The van der Waals surface area contributed by atoms with Crippen LogP contribution in [0.3, 0.4) is 0 Å². The minimum Gasteiger partial charge on any atom is -0.543 e. The molecule has 0 radical (unpaired) electrons. The Morgan fingerprint density at radius 2 is 1.57 bits per heavy atom. The van der Waals surface area contributed by atoms with E-state index in [-0.39, 0.29) is 5.04 Å². The minimum atomic E-state index is -1.88. The fraction of sp³-hybridized carbons (Fsp3) is 0.368. The lowest BCUT2D eigenvalue weighted by atomic mass is 10.0. The van der Waals surface area contributed by atoms with Gasteiger partial charge in [0.2, 0.25) is 8.32 Å². The molecule has 0 amide bonds. The van der Waals surface area contributed by atoms with Gasteiger partial charge in [-0.15, -0.1) is 0 Å². The van der Waals surface area contributed by atoms with Crippen LogP contribution in [-0.4, -0.2) is 13.4 Å². The number of hydrogen-bond acceptors (Lipinski definition) is 2. The van der Waals surface area contributed by atoms with Crippen LogP contribution in [-0.2, 0) is 0 Å². The van der Waals surface area contributed by atoms with Gasteiger partial charge in [0.25, 0.3) is 0 Å². The van der Waals surface area contributed by atoms with Crippen molar-refractivity contribution in [2.45, 2.75) is 45.0 Å². The SMILES string of the molecule is CC(C)(C)[Si](C)(C)Oc1cccc([C@@H](O)c2cccc(Br)c2)c1. The van der Waals surface area contributed by atoms with Gasteiger partial charge in [-0.1, -0.05) is 61.0 Å². The maximum Gasteiger partial charge on any atom is 0.250 e. The molecule has 0 aliphatic heterocycles. The van der Waals surface area contributed by atoms with Gasteiger partial charge in [0, 0.05) is 4.47 Å². The molecule has 1 atom stereocenters. The van der Waals surface area contributed by atoms with E-state index >= 15 is 0 Å². The van der Waals surface area contributed by atoms with Crippen LogP contribution in [0, 0.1) is 0 Å². The zero-order valence-corrected chi connectivity index (χ0v) is 17.0. The van der Waals surface area contributed by atoms with E-state index in [1.807, 2.05) is 48.5 Å². The van der Waals surface area contributed by atoms with Crippen molar-refractivity contribution in [1.82, 2.24) is 0 Å². The van der Waals surface area contributed by atoms with Gasteiger partial charge in [0.15, 0.2) is 0 Å². The van der Waals surface area contributed by atoms with Crippen LogP contribution < -0.4 is 4.43 Å². The average Bonchev–Trinajstić information content (AvgIpc) is 2.45. The van der Waals surface area contributed by atoms with Crippen molar-refractivity contribution < 1.29 is 9.53 Å². The van der Waals surface area contributed by atoms with E-state index in [4.69, 9.17) is 4.43 Å². The van der Waals surface area contributed by atoms with Crippen LogP contribution in [0.4, 0.5) is 0 Å². The van der Waals surface area contributed by atoms with Gasteiger partial charge in [0.1, 0.15) is 11.9 Å². The first-order chi connectivity index (χ1) is 10.6. The highest BCUT2D eigenvalue weighted by molar-refractivity contribution is 9.10. The minimum absolute atomic E-state index is 0.145. The lowest BCUT2D eigenvalue weighted by Crippen LogP contribution is -2.43. The Kier molecular flexibility index (Phi) is 5.39. The van der Waals surface area contributed by atoms with Crippen molar-refractivity contribution in [3.05, 3.63) is 64.1 Å². The molecule has 0 fully saturated rings. The molecule has 0 aliphatic carbocycles. The van der Waals surface area contributed by atoms with E-state index in [0.29, 0.717) is 0 Å². The number of rotatable bonds is 4. The van der Waals surface area contributed by atoms with Crippen molar-refractivity contribution in [1.29, 1.82) is 0 Å². The molecular formula is C19H25BrO2Si. The normalized spacial score (nSPS) is 13.7. The molecule has 0 heterocycles. The van der Waals surface area contributed by atoms with Gasteiger partial charge in [-0.05, 0) is 53.5 Å². The molecule has 124 valence electrons. The summed E-state index contributed by atoms with van der Waals surface area (Å²) in [4.78, 5) is 0. The molecule has 23 heavy (non-hydrogen) atoms. The average molecular weight is 393 g/mol. The third-order valence-electron chi connectivity index (χ3n) is 4.52. The summed E-state index contributed by atoms with van der Waals surface area (Å²) in [6.45, 7) is 11.1. The molecule has 2 aromatic carbocycles. The third kappa shape index (κ3) is 4.46. The van der Waals surface area contributed by atoms with Crippen molar-refractivity contribution in [2.24, 2.45) is 0 Å². The molecule has 0 spiro atoms. The monoisotopic (exact) mass is 392 g/mol. The Balaban J connectivity index is 2.26. The summed E-state index contributed by atoms with van der Waals surface area (Å²) in [6, 6.07) is 15.5. The molecule has 2 nitrogen and oxygen atoms in total. The first-order valence-corrected chi connectivity index (χ1v) is 11.5. The summed E-state index contributed by atoms with van der Waals surface area (Å²) in [5.74, 6) is 0.836. The molecule has 0 aromatic heterocycles. The van der Waals surface area contributed by atoms with Crippen LogP contribution in [0.15, 0.2) is 53.0 Å². The van der Waals surface area contributed by atoms with E-state index < -0.39 is 14.4 Å². The van der Waals surface area contributed by atoms with Gasteiger partial charge < -0.3 is 9.53 Å². The lowest BCUT2D eigenvalue weighted by molar-refractivity contribution is 0.220. The second-order valence-electron chi connectivity index (χ2n) is 7.39. The molecule has 0 aliphatic rings. The third-order valence-corrected chi connectivity index (χ3v) is 9.37. The van der Waals surface area contributed by atoms with Crippen LogP contribution >= 0.6 is 15.9 Å². The van der Waals surface area contributed by atoms with Gasteiger partial charge in [-0.25, -0.2) is 0 Å². The Morgan fingerprint density at radius 3 is 2.13 bits per heavy atom. The zero-order chi connectivity index (χ0) is 17.3. The fourth-order valence-electron chi connectivity index (χ4n) is 2.06. The van der Waals surface area contributed by atoms with Gasteiger partial charge >= 0.3 is 0 Å². The Morgan fingerprint density at radius 1 is 1.00 bits per heavy atom. The first-order valence-electron chi connectivity index (χ1n) is 7.83. The number of aliphatic hydroxyl groups excluding tert-OH is 1. The largest absolute Gasteiger partial charge is 0.543 e. The van der Waals surface area contributed by atoms with Gasteiger partial charge in [-0.2, -0.15) is 0 Å². The van der Waals surface area contributed by atoms with E-state index in [9.17, 15) is 5.11 Å². The van der Waals surface area contributed by atoms with Crippen LogP contribution in [0.25, 0.3) is 0 Å². The molecule has 0 unspecified atom stereocenters. The Bertz CT molecular complexity index is 677. The first kappa shape index (κ1) is 18.2. The molecule has 1 N–H and O–H groups in total. The molecule has 2 aromatic rings. The summed E-state index contributed by atoms with van der Waals surface area (Å²) in [5, 5.41) is 10.8. The summed E-state index contributed by atoms with van der Waals surface area (Å²) >= 11 is 3.45. The number of hydrogen-bond donors (Lipinski definition) is 1. The van der Waals surface area contributed by atoms with E-state index in [1.165, 1.54) is 0 Å². The van der Waals surface area contributed by atoms with Gasteiger partial charge in [0.05, 0.1) is 0 Å². The standard InChI is InChI=1S/C19H25BrO2Si/c1-19(2,3)23(4,5)22-17-11-7-9-15(13-17)18(21)14-8-6-10-16(20)12-14/h6-13,18,21H,1-5H3/t18-/m0/s1. The molecule has 2 rings (SSSR count). The van der Waals surface area contributed by atoms with Gasteiger partial charge in [-0.3, -0.25) is 0 Å². The molecule has 0 saturated heterocycles. The Hall–Kier alpha value is -1.10. The fourth-order valence-corrected chi connectivity index (χ4v) is 3.50. The van der Waals surface area contributed by atoms with Crippen LogP contribution in [0.5, 0.6) is 5.75 Å². The number of aliphatic hydroxyl groups is 1. The van der Waals surface area contributed by atoms with Crippen LogP contribution in [0.2, 0.25) is 18.1 Å². The van der Waals surface area contributed by atoms with Crippen molar-refractivity contribution >= 4 is 24.2 Å². The smallest absolute Gasteiger partial charge is 0.250 e. The summed E-state index contributed by atoms with van der Waals surface area (Å²) in [5.41, 5.74) is 1.71. The lowest BCUT2D eigenvalue weighted by Gasteiger charge is -2.36. The Labute approximate surface area is 148 Å². The number of halogens is 1. The van der Waals surface area contributed by atoms with Crippen molar-refractivity contribution in [3.8, 4) is 5.75 Å². The quantitative estimate of drug-likeness (QED) is 0.654. The van der Waals surface area contributed by atoms with E-state index in [1.54, 1.807) is 0 Å². The highest BCUT2D eigenvalue weighted by Crippen LogP contribution is 2.38. The second kappa shape index (κ2) is 6.79. The second-order valence-corrected chi connectivity index (χ2v) is 13.0. The van der Waals surface area contributed by atoms with Crippen molar-refractivity contribution in [3.63, 3.8) is 0 Å². The summed E-state index contributed by atoms with van der Waals surface area (Å²) in [7, 11) is -1.88. The highest BCUT2D eigenvalue weighted by Gasteiger charge is 2.39. The highest BCUT2D eigenvalue weighted by atomic mass is 79.9. The summed E-state index contributed by atoms with van der Waals surface area (Å²) in [6.07, 6.45) is -0.657. The predicted molar refractivity (Wildman–Crippen MR) is 102 cm³/mol.